The highest BCUT2D eigenvalue weighted by Crippen LogP contribution is 2.35. The lowest BCUT2D eigenvalue weighted by atomic mass is 9.99. The van der Waals surface area contributed by atoms with Crippen LogP contribution in [-0.4, -0.2) is 43.3 Å². The zero-order valence-corrected chi connectivity index (χ0v) is 16.5. The largest absolute Gasteiger partial charge is 0.416 e. The van der Waals surface area contributed by atoms with Crippen molar-refractivity contribution in [1.82, 2.24) is 9.88 Å². The van der Waals surface area contributed by atoms with Gasteiger partial charge in [0.15, 0.2) is 9.84 Å². The Morgan fingerprint density at radius 2 is 1.97 bits per heavy atom. The van der Waals surface area contributed by atoms with Gasteiger partial charge < -0.3 is 9.88 Å². The first kappa shape index (κ1) is 21.3. The second-order valence-corrected chi connectivity index (χ2v) is 8.69. The highest BCUT2D eigenvalue weighted by molar-refractivity contribution is 7.91. The molecule has 0 radical (unpaired) electrons. The number of allylic oxidation sites excluding steroid dienone is 1. The number of hydrogen-bond donors (Lipinski definition) is 1. The van der Waals surface area contributed by atoms with Crippen LogP contribution >= 0.6 is 0 Å². The number of pyridine rings is 1. The lowest BCUT2D eigenvalue weighted by Crippen LogP contribution is -2.37. The van der Waals surface area contributed by atoms with Crippen LogP contribution in [0, 0.1) is 11.3 Å². The first-order valence-corrected chi connectivity index (χ1v) is 10.4. The van der Waals surface area contributed by atoms with E-state index in [4.69, 9.17) is 0 Å². The summed E-state index contributed by atoms with van der Waals surface area (Å²) in [6.45, 7) is 0. The van der Waals surface area contributed by atoms with E-state index in [1.165, 1.54) is 42.4 Å². The van der Waals surface area contributed by atoms with Crippen LogP contribution in [0.1, 0.15) is 16.7 Å². The lowest BCUT2D eigenvalue weighted by Gasteiger charge is -2.31. The molecule has 156 valence electrons. The normalized spacial score (nSPS) is 16.9. The van der Waals surface area contributed by atoms with Gasteiger partial charge in [0, 0.05) is 30.8 Å². The maximum atomic E-state index is 13.2. The van der Waals surface area contributed by atoms with E-state index in [2.05, 4.69) is 9.98 Å². The molecule has 1 aliphatic heterocycles. The fourth-order valence-corrected chi connectivity index (χ4v) is 4.07. The molecule has 1 aromatic carbocycles. The van der Waals surface area contributed by atoms with Gasteiger partial charge >= 0.3 is 6.18 Å². The van der Waals surface area contributed by atoms with Gasteiger partial charge in [0.2, 0.25) is 5.50 Å². The molecular formula is C19H15F3N4O3S. The van der Waals surface area contributed by atoms with Gasteiger partial charge in [-0.15, -0.1) is 0 Å². The van der Waals surface area contributed by atoms with E-state index in [0.717, 1.165) is 18.4 Å². The zero-order valence-electron chi connectivity index (χ0n) is 15.7. The SMILES string of the molecule is CN1C(c2cc(C#N)c(=O)[nH]c2-c2cccc(C(F)(F)F)c2)=CC=NC1S(C)(=O)=O. The summed E-state index contributed by atoms with van der Waals surface area (Å²) >= 11 is 0. The molecule has 0 spiro atoms. The Labute approximate surface area is 169 Å². The number of aromatic amines is 1. The number of aliphatic imine (C=N–C) groups is 1. The minimum atomic E-state index is -4.60. The Morgan fingerprint density at radius 3 is 2.57 bits per heavy atom. The second-order valence-electron chi connectivity index (χ2n) is 6.61. The number of benzene rings is 1. The Kier molecular flexibility index (Phi) is 5.30. The van der Waals surface area contributed by atoms with Crippen molar-refractivity contribution >= 4 is 21.7 Å². The molecule has 1 aliphatic rings. The minimum absolute atomic E-state index is 0.0192. The van der Waals surface area contributed by atoms with Crippen LogP contribution in [0.15, 0.2) is 46.2 Å². The van der Waals surface area contributed by atoms with Gasteiger partial charge in [-0.1, -0.05) is 12.1 Å². The maximum absolute atomic E-state index is 13.2. The summed E-state index contributed by atoms with van der Waals surface area (Å²) in [5.41, 5.74) is -2.70. The predicted molar refractivity (Wildman–Crippen MR) is 105 cm³/mol. The van der Waals surface area contributed by atoms with Crippen LogP contribution < -0.4 is 5.56 Å². The van der Waals surface area contributed by atoms with Gasteiger partial charge in [-0.2, -0.15) is 18.4 Å². The van der Waals surface area contributed by atoms with E-state index in [1.54, 1.807) is 6.07 Å². The molecular weight excluding hydrogens is 421 g/mol. The number of nitriles is 1. The molecule has 30 heavy (non-hydrogen) atoms. The molecule has 0 amide bonds. The van der Waals surface area contributed by atoms with E-state index in [0.29, 0.717) is 0 Å². The molecule has 1 atom stereocenters. The Morgan fingerprint density at radius 1 is 1.27 bits per heavy atom. The number of nitrogens with zero attached hydrogens (tertiary/aromatic N) is 3. The monoisotopic (exact) mass is 436 g/mol. The van der Waals surface area contributed by atoms with Gasteiger partial charge in [0.25, 0.3) is 5.56 Å². The summed E-state index contributed by atoms with van der Waals surface area (Å²) in [6, 6.07) is 7.27. The van der Waals surface area contributed by atoms with Crippen molar-refractivity contribution in [3.8, 4) is 17.3 Å². The summed E-state index contributed by atoms with van der Waals surface area (Å²) in [7, 11) is -2.20. The summed E-state index contributed by atoms with van der Waals surface area (Å²) in [4.78, 5) is 19.9. The van der Waals surface area contributed by atoms with Gasteiger partial charge in [-0.05, 0) is 29.8 Å². The van der Waals surface area contributed by atoms with Gasteiger partial charge in [0.05, 0.1) is 11.3 Å². The van der Waals surface area contributed by atoms with E-state index < -0.39 is 32.6 Å². The molecule has 2 aromatic rings. The molecule has 1 unspecified atom stereocenters. The molecule has 0 bridgehead atoms. The topological polar surface area (TPSA) is 106 Å². The fraction of sp³-hybridized carbons (Fsp3) is 0.211. The number of nitrogens with one attached hydrogen (secondary N) is 1. The quantitative estimate of drug-likeness (QED) is 0.796. The van der Waals surface area contributed by atoms with E-state index >= 15 is 0 Å². The molecule has 3 rings (SSSR count). The molecule has 2 heterocycles. The molecule has 0 aliphatic carbocycles. The van der Waals surface area contributed by atoms with Crippen molar-refractivity contribution < 1.29 is 21.6 Å². The summed E-state index contributed by atoms with van der Waals surface area (Å²) in [5, 5.41) is 9.23. The van der Waals surface area contributed by atoms with Gasteiger partial charge in [0.1, 0.15) is 11.6 Å². The predicted octanol–water partition coefficient (Wildman–Crippen LogP) is 2.62. The van der Waals surface area contributed by atoms with Crippen LogP contribution in [0.2, 0.25) is 0 Å². The smallest absolute Gasteiger partial charge is 0.340 e. The Hall–Kier alpha value is -3.39. The molecule has 0 saturated carbocycles. The van der Waals surface area contributed by atoms with E-state index in [-0.39, 0.29) is 28.1 Å². The van der Waals surface area contributed by atoms with Crippen molar-refractivity contribution in [3.63, 3.8) is 0 Å². The van der Waals surface area contributed by atoms with Crippen LogP contribution in [-0.2, 0) is 16.0 Å². The summed E-state index contributed by atoms with van der Waals surface area (Å²) < 4.78 is 63.6. The third-order valence-electron chi connectivity index (χ3n) is 4.46. The molecule has 1 N–H and O–H groups in total. The van der Waals surface area contributed by atoms with Crippen molar-refractivity contribution in [1.29, 1.82) is 5.26 Å². The van der Waals surface area contributed by atoms with Crippen molar-refractivity contribution in [3.05, 3.63) is 63.5 Å². The van der Waals surface area contributed by atoms with Gasteiger partial charge in [-0.25, -0.2) is 8.42 Å². The standard InChI is InChI=1S/C19H15F3N4O3S/c1-26-15(6-7-24-18(26)30(2,28)29)14-9-12(10-23)17(27)25-16(14)11-4-3-5-13(8-11)19(20,21)22/h3-9,18H,1-2H3,(H,25,27). The molecule has 0 fully saturated rings. The van der Waals surface area contributed by atoms with Crippen LogP contribution in [0.5, 0.6) is 0 Å². The first-order chi connectivity index (χ1) is 13.9. The molecule has 0 saturated heterocycles. The Bertz CT molecular complexity index is 1270. The fourth-order valence-electron chi connectivity index (χ4n) is 3.10. The van der Waals surface area contributed by atoms with E-state index in [1.807, 2.05) is 0 Å². The number of rotatable bonds is 3. The summed E-state index contributed by atoms with van der Waals surface area (Å²) in [5.74, 6) is 0. The number of alkyl halides is 3. The van der Waals surface area contributed by atoms with Crippen molar-refractivity contribution in [2.75, 3.05) is 13.3 Å². The molecule has 11 heteroatoms. The third kappa shape index (κ3) is 3.99. The van der Waals surface area contributed by atoms with E-state index in [9.17, 15) is 31.6 Å². The highest BCUT2D eigenvalue weighted by atomic mass is 32.2. The van der Waals surface area contributed by atoms with Crippen LogP contribution in [0.25, 0.3) is 17.0 Å². The van der Waals surface area contributed by atoms with Gasteiger partial charge in [-0.3, -0.25) is 9.79 Å². The Balaban J connectivity index is 2.27. The van der Waals surface area contributed by atoms with Crippen molar-refractivity contribution in [2.45, 2.75) is 11.7 Å². The molecule has 1 aromatic heterocycles. The van der Waals surface area contributed by atoms with Crippen LogP contribution in [0.4, 0.5) is 13.2 Å². The number of aromatic nitrogens is 1. The average Bonchev–Trinajstić information content (AvgIpc) is 2.66. The average molecular weight is 436 g/mol. The number of sulfone groups is 1. The number of halogens is 3. The second kappa shape index (κ2) is 7.46. The zero-order chi connectivity index (χ0) is 22.3. The highest BCUT2D eigenvalue weighted by Gasteiger charge is 2.32. The first-order valence-electron chi connectivity index (χ1n) is 8.44. The third-order valence-corrected chi connectivity index (χ3v) is 5.66. The number of H-pyrrole nitrogens is 1. The van der Waals surface area contributed by atoms with Crippen molar-refractivity contribution in [2.24, 2.45) is 4.99 Å². The maximum Gasteiger partial charge on any atom is 0.416 e. The number of hydrogen-bond acceptors (Lipinski definition) is 6. The summed E-state index contributed by atoms with van der Waals surface area (Å²) in [6.07, 6.45) is -0.893. The van der Waals surface area contributed by atoms with Crippen LogP contribution in [0.3, 0.4) is 0 Å². The minimum Gasteiger partial charge on any atom is -0.340 e. The molecule has 7 nitrogen and oxygen atoms in total. The lowest BCUT2D eigenvalue weighted by molar-refractivity contribution is -0.137.